The number of nitrogens with zero attached hydrogens (tertiary/aromatic N) is 3. The van der Waals surface area contributed by atoms with Crippen LogP contribution in [0.15, 0.2) is 36.5 Å². The van der Waals surface area contributed by atoms with Crippen LogP contribution in [0.2, 0.25) is 0 Å². The molecule has 2 rings (SSSR count). The van der Waals surface area contributed by atoms with Crippen molar-refractivity contribution in [1.82, 2.24) is 15.2 Å². The molecule has 1 aromatic rings. The van der Waals surface area contributed by atoms with Gasteiger partial charge in [-0.3, -0.25) is 15.1 Å². The van der Waals surface area contributed by atoms with Crippen LogP contribution in [-0.4, -0.2) is 27.9 Å². The van der Waals surface area contributed by atoms with Gasteiger partial charge >= 0.3 is 0 Å². The van der Waals surface area contributed by atoms with E-state index in [1.165, 1.54) is 0 Å². The SMILES string of the molecule is Cl.O=[N+]([O-])/C=C1\NCCN1Cc1cccnc1. The van der Waals surface area contributed by atoms with Crippen LogP contribution in [0.1, 0.15) is 5.56 Å². The van der Waals surface area contributed by atoms with Gasteiger partial charge in [0.05, 0.1) is 4.92 Å². The maximum atomic E-state index is 10.4. The van der Waals surface area contributed by atoms with Gasteiger partial charge in [0.25, 0.3) is 6.20 Å². The number of pyridine rings is 1. The Labute approximate surface area is 105 Å². The van der Waals surface area contributed by atoms with Crippen molar-refractivity contribution >= 4 is 12.4 Å². The summed E-state index contributed by atoms with van der Waals surface area (Å²) < 4.78 is 0. The first-order chi connectivity index (χ1) is 7.75. The zero-order valence-corrected chi connectivity index (χ0v) is 9.89. The largest absolute Gasteiger partial charge is 0.365 e. The number of rotatable bonds is 3. The fourth-order valence-corrected chi connectivity index (χ4v) is 1.65. The third-order valence-electron chi connectivity index (χ3n) is 2.35. The molecule has 0 aliphatic carbocycles. The normalized spacial score (nSPS) is 16.5. The lowest BCUT2D eigenvalue weighted by Crippen LogP contribution is -2.20. The van der Waals surface area contributed by atoms with Crippen molar-refractivity contribution in [2.45, 2.75) is 6.54 Å². The highest BCUT2D eigenvalue weighted by Gasteiger charge is 2.19. The molecule has 1 fully saturated rings. The van der Waals surface area contributed by atoms with Crippen LogP contribution in [0.25, 0.3) is 0 Å². The summed E-state index contributed by atoms with van der Waals surface area (Å²) in [6.45, 7) is 2.15. The average molecular weight is 257 g/mol. The smallest absolute Gasteiger partial charge is 0.274 e. The zero-order chi connectivity index (χ0) is 11.4. The monoisotopic (exact) mass is 256 g/mol. The van der Waals surface area contributed by atoms with Gasteiger partial charge < -0.3 is 10.2 Å². The van der Waals surface area contributed by atoms with Gasteiger partial charge in [-0.2, -0.15) is 0 Å². The van der Waals surface area contributed by atoms with Crippen LogP contribution in [0, 0.1) is 10.1 Å². The molecule has 0 atom stereocenters. The Balaban J connectivity index is 0.00000144. The molecule has 1 saturated heterocycles. The number of nitrogens with one attached hydrogen (secondary N) is 1. The Morgan fingerprint density at radius 1 is 1.65 bits per heavy atom. The van der Waals surface area contributed by atoms with E-state index in [-0.39, 0.29) is 12.4 Å². The summed E-state index contributed by atoms with van der Waals surface area (Å²) in [7, 11) is 0. The van der Waals surface area contributed by atoms with Crippen LogP contribution in [0.5, 0.6) is 0 Å². The molecule has 92 valence electrons. The molecule has 1 aliphatic rings. The van der Waals surface area contributed by atoms with Crippen LogP contribution in [0.4, 0.5) is 0 Å². The zero-order valence-electron chi connectivity index (χ0n) is 9.07. The molecule has 0 bridgehead atoms. The summed E-state index contributed by atoms with van der Waals surface area (Å²) in [6, 6.07) is 3.81. The second-order valence-electron chi connectivity index (χ2n) is 3.51. The van der Waals surface area contributed by atoms with E-state index in [0.29, 0.717) is 12.4 Å². The highest BCUT2D eigenvalue weighted by Crippen LogP contribution is 2.11. The van der Waals surface area contributed by atoms with Crippen molar-refractivity contribution in [3.8, 4) is 0 Å². The van der Waals surface area contributed by atoms with Gasteiger partial charge in [0, 0.05) is 32.0 Å². The van der Waals surface area contributed by atoms with Crippen LogP contribution >= 0.6 is 12.4 Å². The minimum atomic E-state index is -0.441. The summed E-state index contributed by atoms with van der Waals surface area (Å²) in [6.07, 6.45) is 4.48. The van der Waals surface area contributed by atoms with Gasteiger partial charge in [-0.15, -0.1) is 12.4 Å². The van der Waals surface area contributed by atoms with E-state index in [1.54, 1.807) is 12.4 Å². The predicted molar refractivity (Wildman–Crippen MR) is 65.0 cm³/mol. The first-order valence-electron chi connectivity index (χ1n) is 4.99. The molecule has 7 heteroatoms. The van der Waals surface area contributed by atoms with E-state index in [4.69, 9.17) is 0 Å². The van der Waals surface area contributed by atoms with Gasteiger partial charge in [0.15, 0.2) is 5.82 Å². The Morgan fingerprint density at radius 2 is 2.47 bits per heavy atom. The summed E-state index contributed by atoms with van der Waals surface area (Å²) >= 11 is 0. The molecule has 0 aromatic carbocycles. The van der Waals surface area contributed by atoms with E-state index < -0.39 is 4.92 Å². The number of aromatic nitrogens is 1. The van der Waals surface area contributed by atoms with Crippen LogP contribution < -0.4 is 5.32 Å². The molecule has 2 heterocycles. The standard InChI is InChI=1S/C10H12N4O2.ClH/c15-14(16)8-10-12-4-5-13(10)7-9-2-1-3-11-6-9;/h1-3,6,8,12H,4-5,7H2;1H/b10-8+;. The Bertz CT molecular complexity index is 410. The molecule has 0 unspecified atom stereocenters. The molecular weight excluding hydrogens is 244 g/mol. The maximum Gasteiger partial charge on any atom is 0.274 e. The molecule has 0 radical (unpaired) electrons. The van der Waals surface area contributed by atoms with Crippen molar-refractivity contribution < 1.29 is 4.92 Å². The number of halogens is 1. The van der Waals surface area contributed by atoms with Crippen LogP contribution in [-0.2, 0) is 6.54 Å². The predicted octanol–water partition coefficient (Wildman–Crippen LogP) is 0.984. The molecule has 1 N–H and O–H groups in total. The fourth-order valence-electron chi connectivity index (χ4n) is 1.65. The van der Waals surface area contributed by atoms with Crippen molar-refractivity contribution in [3.05, 3.63) is 52.2 Å². The first-order valence-corrected chi connectivity index (χ1v) is 4.99. The summed E-state index contributed by atoms with van der Waals surface area (Å²) in [5, 5.41) is 13.4. The van der Waals surface area contributed by atoms with Crippen molar-refractivity contribution in [2.75, 3.05) is 13.1 Å². The average Bonchev–Trinajstić information content (AvgIpc) is 2.66. The molecule has 0 saturated carbocycles. The third kappa shape index (κ3) is 3.60. The van der Waals surface area contributed by atoms with E-state index in [1.807, 2.05) is 17.0 Å². The minimum Gasteiger partial charge on any atom is -0.365 e. The first kappa shape index (κ1) is 13.2. The Morgan fingerprint density at radius 3 is 3.12 bits per heavy atom. The quantitative estimate of drug-likeness (QED) is 0.645. The van der Waals surface area contributed by atoms with Gasteiger partial charge in [-0.1, -0.05) is 6.07 Å². The number of hydrogen-bond acceptors (Lipinski definition) is 5. The summed E-state index contributed by atoms with van der Waals surface area (Å²) in [5.41, 5.74) is 1.04. The molecular formula is C10H13ClN4O2. The van der Waals surface area contributed by atoms with Crippen LogP contribution in [0.3, 0.4) is 0 Å². The molecule has 1 aromatic heterocycles. The minimum absolute atomic E-state index is 0. The second-order valence-corrected chi connectivity index (χ2v) is 3.51. The summed E-state index contributed by atoms with van der Waals surface area (Å²) in [4.78, 5) is 15.9. The maximum absolute atomic E-state index is 10.4. The Kier molecular flexibility index (Phi) is 4.71. The van der Waals surface area contributed by atoms with E-state index in [9.17, 15) is 10.1 Å². The van der Waals surface area contributed by atoms with E-state index >= 15 is 0 Å². The molecule has 0 amide bonds. The molecule has 1 aliphatic heterocycles. The highest BCUT2D eigenvalue weighted by atomic mass is 35.5. The highest BCUT2D eigenvalue weighted by molar-refractivity contribution is 5.85. The molecule has 17 heavy (non-hydrogen) atoms. The van der Waals surface area contributed by atoms with Crippen molar-refractivity contribution in [2.24, 2.45) is 0 Å². The third-order valence-corrected chi connectivity index (χ3v) is 2.35. The number of hydrogen-bond donors (Lipinski definition) is 1. The lowest BCUT2D eigenvalue weighted by molar-refractivity contribution is -0.404. The van der Waals surface area contributed by atoms with E-state index in [0.717, 1.165) is 24.9 Å². The fraction of sp³-hybridized carbons (Fsp3) is 0.300. The van der Waals surface area contributed by atoms with Gasteiger partial charge in [0.1, 0.15) is 0 Å². The van der Waals surface area contributed by atoms with Gasteiger partial charge in [-0.25, -0.2) is 0 Å². The van der Waals surface area contributed by atoms with Crippen molar-refractivity contribution in [3.63, 3.8) is 0 Å². The lowest BCUT2D eigenvalue weighted by atomic mass is 10.3. The topological polar surface area (TPSA) is 71.3 Å². The van der Waals surface area contributed by atoms with Gasteiger partial charge in [0.2, 0.25) is 0 Å². The second kappa shape index (κ2) is 6.05. The Hall–Kier alpha value is -1.82. The summed E-state index contributed by atoms with van der Waals surface area (Å²) in [5.74, 6) is 0.564. The van der Waals surface area contributed by atoms with E-state index in [2.05, 4.69) is 10.3 Å². The van der Waals surface area contributed by atoms with Crippen molar-refractivity contribution in [1.29, 1.82) is 0 Å². The molecule has 6 nitrogen and oxygen atoms in total. The van der Waals surface area contributed by atoms with Gasteiger partial charge in [-0.05, 0) is 11.6 Å². The lowest BCUT2D eigenvalue weighted by Gasteiger charge is -2.16. The number of nitro groups is 1. The molecule has 0 spiro atoms.